The van der Waals surface area contributed by atoms with Gasteiger partial charge in [0.25, 0.3) is 0 Å². The third kappa shape index (κ3) is 7.88. The molecule has 2 aliphatic rings. The van der Waals surface area contributed by atoms with Crippen molar-refractivity contribution in [2.24, 2.45) is 11.7 Å². The number of urea groups is 1. The summed E-state index contributed by atoms with van der Waals surface area (Å²) in [6.07, 6.45) is 9.28. The third-order valence-electron chi connectivity index (χ3n) is 4.60. The van der Waals surface area contributed by atoms with E-state index in [1.165, 1.54) is 32.1 Å². The summed E-state index contributed by atoms with van der Waals surface area (Å²) in [6.45, 7) is 1.04. The Kier molecular flexibility index (Phi) is 9.33. The van der Waals surface area contributed by atoms with Crippen LogP contribution in [-0.2, 0) is 4.79 Å². The Morgan fingerprint density at radius 1 is 1.09 bits per heavy atom. The molecule has 1 atom stereocenters. The highest BCUT2D eigenvalue weighted by Gasteiger charge is 2.30. The Morgan fingerprint density at radius 3 is 2.39 bits per heavy atom. The van der Waals surface area contributed by atoms with Gasteiger partial charge in [-0.2, -0.15) is 0 Å². The molecule has 1 unspecified atom stereocenters. The van der Waals surface area contributed by atoms with Crippen molar-refractivity contribution < 1.29 is 9.59 Å². The summed E-state index contributed by atoms with van der Waals surface area (Å²) in [4.78, 5) is 23.5. The molecule has 23 heavy (non-hydrogen) atoms. The van der Waals surface area contributed by atoms with Gasteiger partial charge in [0.15, 0.2) is 0 Å². The van der Waals surface area contributed by atoms with Crippen LogP contribution in [0.3, 0.4) is 0 Å². The first kappa shape index (κ1) is 20.0. The van der Waals surface area contributed by atoms with E-state index in [4.69, 9.17) is 5.73 Å². The second-order valence-electron chi connectivity index (χ2n) is 6.59. The Bertz CT molecular complexity index is 371. The fourth-order valence-electron chi connectivity index (χ4n) is 3.08. The van der Waals surface area contributed by atoms with Crippen molar-refractivity contribution in [2.45, 2.75) is 69.9 Å². The van der Waals surface area contributed by atoms with Crippen LogP contribution in [-0.4, -0.2) is 37.1 Å². The molecule has 3 amide bonds. The number of nitrogens with one attached hydrogen (secondary N) is 3. The van der Waals surface area contributed by atoms with Crippen LogP contribution in [0.2, 0.25) is 0 Å². The summed E-state index contributed by atoms with van der Waals surface area (Å²) in [6, 6.07) is 0.348. The van der Waals surface area contributed by atoms with Crippen molar-refractivity contribution in [3.05, 3.63) is 0 Å². The minimum absolute atomic E-state index is 0. The zero-order valence-electron chi connectivity index (χ0n) is 13.8. The maximum Gasteiger partial charge on any atom is 0.315 e. The molecule has 0 aliphatic heterocycles. The highest BCUT2D eigenvalue weighted by atomic mass is 35.5. The molecule has 0 radical (unpaired) electrons. The van der Waals surface area contributed by atoms with Gasteiger partial charge in [-0.3, -0.25) is 4.79 Å². The van der Waals surface area contributed by atoms with Crippen molar-refractivity contribution in [1.82, 2.24) is 16.0 Å². The molecule has 0 bridgehead atoms. The van der Waals surface area contributed by atoms with Crippen LogP contribution in [0, 0.1) is 5.92 Å². The van der Waals surface area contributed by atoms with E-state index < -0.39 is 0 Å². The summed E-state index contributed by atoms with van der Waals surface area (Å²) < 4.78 is 0. The molecule has 0 spiro atoms. The maximum atomic E-state index is 11.8. The molecular weight excluding hydrogens is 316 g/mol. The monoisotopic (exact) mass is 346 g/mol. The normalized spacial score (nSPS) is 19.3. The summed E-state index contributed by atoms with van der Waals surface area (Å²) in [7, 11) is 0. The van der Waals surface area contributed by atoms with Crippen LogP contribution in [0.25, 0.3) is 0 Å². The summed E-state index contributed by atoms with van der Waals surface area (Å²) in [5.74, 6) is 0.616. The fraction of sp³-hybridized carbons (Fsp3) is 0.875. The third-order valence-corrected chi connectivity index (χ3v) is 4.60. The van der Waals surface area contributed by atoms with Gasteiger partial charge in [0, 0.05) is 31.6 Å². The zero-order valence-corrected chi connectivity index (χ0v) is 14.6. The number of carbonyl (C=O) groups is 2. The first-order valence-electron chi connectivity index (χ1n) is 8.73. The zero-order chi connectivity index (χ0) is 15.8. The lowest BCUT2D eigenvalue weighted by atomic mass is 9.96. The second-order valence-corrected chi connectivity index (χ2v) is 6.59. The van der Waals surface area contributed by atoms with Gasteiger partial charge in [-0.1, -0.05) is 19.3 Å². The van der Waals surface area contributed by atoms with Gasteiger partial charge < -0.3 is 21.7 Å². The van der Waals surface area contributed by atoms with E-state index in [1.54, 1.807) is 0 Å². The quantitative estimate of drug-likeness (QED) is 0.503. The fourth-order valence-corrected chi connectivity index (χ4v) is 3.08. The van der Waals surface area contributed by atoms with Gasteiger partial charge >= 0.3 is 6.03 Å². The molecule has 6 nitrogen and oxygen atoms in total. The van der Waals surface area contributed by atoms with E-state index in [1.807, 2.05) is 0 Å². The number of hydrogen-bond acceptors (Lipinski definition) is 3. The number of nitrogens with two attached hydrogens (primary N) is 1. The number of rotatable bonds is 8. The highest BCUT2D eigenvalue weighted by Crippen LogP contribution is 2.32. The van der Waals surface area contributed by atoms with Gasteiger partial charge in [0.2, 0.25) is 5.91 Å². The number of halogens is 1. The second kappa shape index (κ2) is 10.7. The minimum Gasteiger partial charge on any atom is -0.352 e. The molecule has 2 saturated carbocycles. The van der Waals surface area contributed by atoms with Crippen LogP contribution >= 0.6 is 12.4 Å². The SMILES string of the molecule is Cl.NCC(NC(=O)CCCNC(=O)NC1CCCCC1)C1CC1. The lowest BCUT2D eigenvalue weighted by Crippen LogP contribution is -2.44. The predicted octanol–water partition coefficient (Wildman–Crippen LogP) is 1.67. The molecule has 0 heterocycles. The first-order chi connectivity index (χ1) is 10.7. The van der Waals surface area contributed by atoms with E-state index in [2.05, 4.69) is 16.0 Å². The molecule has 7 heteroatoms. The van der Waals surface area contributed by atoms with Gasteiger partial charge in [0.1, 0.15) is 0 Å². The number of carbonyl (C=O) groups excluding carboxylic acids is 2. The van der Waals surface area contributed by atoms with Crippen LogP contribution in [0.4, 0.5) is 4.79 Å². The van der Waals surface area contributed by atoms with Gasteiger partial charge in [0.05, 0.1) is 0 Å². The maximum absolute atomic E-state index is 11.8. The predicted molar refractivity (Wildman–Crippen MR) is 93.6 cm³/mol. The molecule has 0 saturated heterocycles. The largest absolute Gasteiger partial charge is 0.352 e. The minimum atomic E-state index is -0.106. The Hall–Kier alpha value is -1.01. The molecule has 0 aromatic heterocycles. The summed E-state index contributed by atoms with van der Waals surface area (Å²) in [5.41, 5.74) is 5.67. The van der Waals surface area contributed by atoms with Crippen LogP contribution in [0.1, 0.15) is 57.8 Å². The van der Waals surface area contributed by atoms with Crippen molar-refractivity contribution in [3.63, 3.8) is 0 Å². The van der Waals surface area contributed by atoms with Crippen molar-refractivity contribution in [2.75, 3.05) is 13.1 Å². The number of hydrogen-bond donors (Lipinski definition) is 4. The Balaban J connectivity index is 0.00000264. The molecule has 2 fully saturated rings. The topological polar surface area (TPSA) is 96.2 Å². The molecule has 5 N–H and O–H groups in total. The van der Waals surface area contributed by atoms with E-state index in [0.717, 1.165) is 12.8 Å². The van der Waals surface area contributed by atoms with Crippen molar-refractivity contribution in [1.29, 1.82) is 0 Å². The molecular formula is C16H31ClN4O2. The lowest BCUT2D eigenvalue weighted by Gasteiger charge is -2.22. The summed E-state index contributed by atoms with van der Waals surface area (Å²) in [5, 5.41) is 8.83. The average Bonchev–Trinajstić information content (AvgIpc) is 3.35. The van der Waals surface area contributed by atoms with E-state index in [9.17, 15) is 9.59 Å². The molecule has 2 aliphatic carbocycles. The lowest BCUT2D eigenvalue weighted by molar-refractivity contribution is -0.121. The molecule has 2 rings (SSSR count). The van der Waals surface area contributed by atoms with E-state index >= 15 is 0 Å². The number of amides is 3. The van der Waals surface area contributed by atoms with Crippen LogP contribution in [0.5, 0.6) is 0 Å². The van der Waals surface area contributed by atoms with Crippen LogP contribution in [0.15, 0.2) is 0 Å². The van der Waals surface area contributed by atoms with Crippen LogP contribution < -0.4 is 21.7 Å². The summed E-state index contributed by atoms with van der Waals surface area (Å²) >= 11 is 0. The Labute approximate surface area is 145 Å². The standard InChI is InChI=1S/C16H30N4O2.ClH/c17-11-14(12-8-9-12)20-15(21)7-4-10-18-16(22)19-13-5-2-1-3-6-13;/h12-14H,1-11,17H2,(H,20,21)(H2,18,19,22);1H. The molecule has 134 valence electrons. The molecule has 0 aromatic rings. The first-order valence-corrected chi connectivity index (χ1v) is 8.73. The Morgan fingerprint density at radius 2 is 1.78 bits per heavy atom. The van der Waals surface area contributed by atoms with Crippen molar-refractivity contribution in [3.8, 4) is 0 Å². The van der Waals surface area contributed by atoms with Gasteiger partial charge in [-0.15, -0.1) is 12.4 Å². The van der Waals surface area contributed by atoms with Gasteiger partial charge in [-0.05, 0) is 38.0 Å². The highest BCUT2D eigenvalue weighted by molar-refractivity contribution is 5.85. The van der Waals surface area contributed by atoms with E-state index in [0.29, 0.717) is 37.9 Å². The smallest absolute Gasteiger partial charge is 0.315 e. The van der Waals surface area contributed by atoms with Gasteiger partial charge in [-0.25, -0.2) is 4.79 Å². The molecule has 0 aromatic carbocycles. The average molecular weight is 347 g/mol. The van der Waals surface area contributed by atoms with Crippen molar-refractivity contribution >= 4 is 24.3 Å². The van der Waals surface area contributed by atoms with E-state index in [-0.39, 0.29) is 30.4 Å².